The molecule has 2 N–H and O–H groups in total. The fraction of sp³-hybridized carbons (Fsp3) is 0.423. The van der Waals surface area contributed by atoms with Gasteiger partial charge in [-0.25, -0.2) is 14.4 Å². The molecule has 0 radical (unpaired) electrons. The zero-order valence-electron chi connectivity index (χ0n) is 21.0. The van der Waals surface area contributed by atoms with E-state index in [1.807, 2.05) is 30.3 Å². The number of benzene rings is 2. The molecule has 1 saturated carbocycles. The van der Waals surface area contributed by atoms with Crippen LogP contribution in [0.1, 0.15) is 56.0 Å². The van der Waals surface area contributed by atoms with Crippen molar-refractivity contribution in [1.82, 2.24) is 10.6 Å². The molecule has 2 aromatic carbocycles. The van der Waals surface area contributed by atoms with Crippen molar-refractivity contribution in [2.24, 2.45) is 0 Å². The number of carbonyl (C=O) groups is 3. The molecule has 1 aliphatic carbocycles. The zero-order valence-corrected chi connectivity index (χ0v) is 21.0. The minimum atomic E-state index is -0.791. The Kier molecular flexibility index (Phi) is 9.05. The van der Waals surface area contributed by atoms with E-state index < -0.39 is 40.8 Å². The lowest BCUT2D eigenvalue weighted by molar-refractivity contribution is -0.384. The molecule has 0 spiro atoms. The van der Waals surface area contributed by atoms with Gasteiger partial charge in [0.05, 0.1) is 16.5 Å². The molecule has 11 nitrogen and oxygen atoms in total. The summed E-state index contributed by atoms with van der Waals surface area (Å²) in [6.07, 6.45) is -0.911. The summed E-state index contributed by atoms with van der Waals surface area (Å²) in [4.78, 5) is 47.9. The van der Waals surface area contributed by atoms with E-state index in [1.54, 1.807) is 20.8 Å². The monoisotopic (exact) mass is 513 g/mol. The highest BCUT2D eigenvalue weighted by Crippen LogP contribution is 2.24. The number of hydrogen-bond acceptors (Lipinski definition) is 8. The van der Waals surface area contributed by atoms with Crippen LogP contribution in [0.4, 0.5) is 15.3 Å². The summed E-state index contributed by atoms with van der Waals surface area (Å²) in [7, 11) is 0. The Bertz CT molecular complexity index is 1100. The number of ether oxygens (including phenoxy) is 3. The van der Waals surface area contributed by atoms with Crippen LogP contribution in [0, 0.1) is 10.1 Å². The van der Waals surface area contributed by atoms with Gasteiger partial charge in [-0.3, -0.25) is 10.1 Å². The number of nitro groups is 1. The first-order chi connectivity index (χ1) is 17.5. The number of amides is 2. The third-order valence-electron chi connectivity index (χ3n) is 5.60. The molecule has 1 aliphatic rings. The lowest BCUT2D eigenvalue weighted by atomic mass is 9.88. The molecule has 1 fully saturated rings. The first kappa shape index (κ1) is 27.4. The van der Waals surface area contributed by atoms with E-state index in [0.717, 1.165) is 5.56 Å². The van der Waals surface area contributed by atoms with Gasteiger partial charge < -0.3 is 24.8 Å². The summed E-state index contributed by atoms with van der Waals surface area (Å²) >= 11 is 0. The third kappa shape index (κ3) is 8.78. The third-order valence-corrected chi connectivity index (χ3v) is 5.60. The smallest absolute Gasteiger partial charge is 0.407 e. The van der Waals surface area contributed by atoms with Crippen molar-refractivity contribution < 1.29 is 33.5 Å². The molecule has 2 amide bonds. The van der Waals surface area contributed by atoms with Gasteiger partial charge in [0.1, 0.15) is 18.3 Å². The molecule has 0 aromatic heterocycles. The predicted molar refractivity (Wildman–Crippen MR) is 133 cm³/mol. The quantitative estimate of drug-likeness (QED) is 0.238. The predicted octanol–water partition coefficient (Wildman–Crippen LogP) is 4.49. The van der Waals surface area contributed by atoms with Crippen molar-refractivity contribution in [3.63, 3.8) is 0 Å². The molecule has 11 heteroatoms. The normalized spacial score (nSPS) is 19.3. The molecule has 0 bridgehead atoms. The van der Waals surface area contributed by atoms with Crippen molar-refractivity contribution in [1.29, 1.82) is 0 Å². The van der Waals surface area contributed by atoms with Crippen LogP contribution in [-0.4, -0.2) is 46.9 Å². The maximum Gasteiger partial charge on any atom is 0.407 e. The van der Waals surface area contributed by atoms with Crippen molar-refractivity contribution in [2.75, 3.05) is 0 Å². The number of alkyl carbamates (subject to hydrolysis) is 2. The minimum absolute atomic E-state index is 0.0788. The van der Waals surface area contributed by atoms with Crippen LogP contribution in [0.3, 0.4) is 0 Å². The highest BCUT2D eigenvalue weighted by atomic mass is 16.6. The number of carbonyl (C=O) groups excluding carboxylic acids is 3. The molecular formula is C26H31N3O8. The van der Waals surface area contributed by atoms with Crippen LogP contribution in [0.25, 0.3) is 0 Å². The number of nitro benzene ring substituents is 1. The average Bonchev–Trinajstić information content (AvgIpc) is 2.84. The number of rotatable bonds is 7. The van der Waals surface area contributed by atoms with Gasteiger partial charge in [-0.2, -0.15) is 0 Å². The Labute approximate surface area is 214 Å². The van der Waals surface area contributed by atoms with Gasteiger partial charge in [-0.15, -0.1) is 0 Å². The maximum absolute atomic E-state index is 12.8. The van der Waals surface area contributed by atoms with E-state index in [-0.39, 0.29) is 30.3 Å². The topological polar surface area (TPSA) is 146 Å². The van der Waals surface area contributed by atoms with Crippen LogP contribution in [0.2, 0.25) is 0 Å². The summed E-state index contributed by atoms with van der Waals surface area (Å²) in [5.41, 5.74) is 0.117. The Balaban J connectivity index is 1.66. The Hall–Kier alpha value is -4.15. The number of nitrogens with zero attached hydrogens (tertiary/aromatic N) is 1. The Morgan fingerprint density at radius 3 is 2.27 bits per heavy atom. The van der Waals surface area contributed by atoms with E-state index in [0.29, 0.717) is 12.8 Å². The molecule has 3 atom stereocenters. The van der Waals surface area contributed by atoms with E-state index >= 15 is 0 Å². The van der Waals surface area contributed by atoms with Crippen LogP contribution in [0.15, 0.2) is 54.6 Å². The first-order valence-corrected chi connectivity index (χ1v) is 11.9. The van der Waals surface area contributed by atoms with E-state index in [4.69, 9.17) is 14.2 Å². The van der Waals surface area contributed by atoms with E-state index in [1.165, 1.54) is 24.3 Å². The summed E-state index contributed by atoms with van der Waals surface area (Å²) in [5.74, 6) is -0.706. The van der Waals surface area contributed by atoms with E-state index in [9.17, 15) is 24.5 Å². The van der Waals surface area contributed by atoms with Gasteiger partial charge in [0.25, 0.3) is 5.69 Å². The summed E-state index contributed by atoms with van der Waals surface area (Å²) in [6, 6.07) is 13.3. The lowest BCUT2D eigenvalue weighted by Crippen LogP contribution is -2.53. The van der Waals surface area contributed by atoms with Crippen LogP contribution in [0.5, 0.6) is 0 Å². The van der Waals surface area contributed by atoms with Gasteiger partial charge in [0, 0.05) is 24.6 Å². The van der Waals surface area contributed by atoms with Gasteiger partial charge in [-0.1, -0.05) is 30.3 Å². The highest BCUT2D eigenvalue weighted by Gasteiger charge is 2.36. The fourth-order valence-corrected chi connectivity index (χ4v) is 3.87. The van der Waals surface area contributed by atoms with Crippen LogP contribution >= 0.6 is 0 Å². The van der Waals surface area contributed by atoms with Crippen molar-refractivity contribution >= 4 is 23.8 Å². The molecule has 37 heavy (non-hydrogen) atoms. The second-order valence-electron chi connectivity index (χ2n) is 9.72. The van der Waals surface area contributed by atoms with Crippen molar-refractivity contribution in [3.8, 4) is 0 Å². The molecule has 0 unspecified atom stereocenters. The highest BCUT2D eigenvalue weighted by molar-refractivity contribution is 5.89. The number of hydrogen-bond donors (Lipinski definition) is 2. The summed E-state index contributed by atoms with van der Waals surface area (Å²) in [5, 5.41) is 16.4. The number of non-ortho nitro benzene ring substituents is 1. The van der Waals surface area contributed by atoms with Gasteiger partial charge in [0.2, 0.25) is 0 Å². The molecule has 0 heterocycles. The Morgan fingerprint density at radius 2 is 1.65 bits per heavy atom. The molecule has 0 aliphatic heterocycles. The molecule has 198 valence electrons. The van der Waals surface area contributed by atoms with Crippen LogP contribution < -0.4 is 10.6 Å². The van der Waals surface area contributed by atoms with Crippen molar-refractivity contribution in [3.05, 3.63) is 75.8 Å². The summed E-state index contributed by atoms with van der Waals surface area (Å²) < 4.78 is 16.3. The number of esters is 1. The average molecular weight is 514 g/mol. The molecule has 2 aromatic rings. The maximum atomic E-state index is 12.8. The van der Waals surface area contributed by atoms with Crippen molar-refractivity contribution in [2.45, 2.75) is 70.4 Å². The summed E-state index contributed by atoms with van der Waals surface area (Å²) in [6.45, 7) is 5.34. The standard InChI is InChI=1S/C26H31N3O8/c1-26(2,3)37-25(32)27-19-11-14-21(28-24(31)35-16-17-7-5-4-6-8-17)22(15-19)36-23(30)18-9-12-20(13-10-18)29(33)34/h4-10,12-13,19,21-22H,11,14-16H2,1-3H3,(H,27,32)(H,28,31)/t19-,21-,22+/m1/s1. The number of nitrogens with one attached hydrogen (secondary N) is 2. The largest absolute Gasteiger partial charge is 0.457 e. The zero-order chi connectivity index (χ0) is 27.0. The first-order valence-electron chi connectivity index (χ1n) is 11.9. The Morgan fingerprint density at radius 1 is 0.973 bits per heavy atom. The fourth-order valence-electron chi connectivity index (χ4n) is 3.87. The second kappa shape index (κ2) is 12.2. The molecule has 3 rings (SSSR count). The van der Waals surface area contributed by atoms with Gasteiger partial charge in [-0.05, 0) is 51.3 Å². The molecular weight excluding hydrogens is 482 g/mol. The SMILES string of the molecule is CC(C)(C)OC(=O)N[C@@H]1CC[C@@H](NC(=O)OCc2ccccc2)[C@@H](OC(=O)c2ccc([N+](=O)[O-])cc2)C1. The minimum Gasteiger partial charge on any atom is -0.457 e. The second-order valence-corrected chi connectivity index (χ2v) is 9.72. The van der Waals surface area contributed by atoms with Gasteiger partial charge >= 0.3 is 18.2 Å². The van der Waals surface area contributed by atoms with Gasteiger partial charge in [0.15, 0.2) is 0 Å². The molecule has 0 saturated heterocycles. The lowest BCUT2D eigenvalue weighted by Gasteiger charge is -2.36. The van der Waals surface area contributed by atoms with E-state index in [2.05, 4.69) is 10.6 Å². The van der Waals surface area contributed by atoms with Crippen LogP contribution in [-0.2, 0) is 20.8 Å².